The molecule has 0 aliphatic carbocycles. The lowest BCUT2D eigenvalue weighted by Gasteiger charge is -2.03. The molecule has 106 valence electrons. The maximum Gasteiger partial charge on any atom is 0.336 e. The van der Waals surface area contributed by atoms with Crippen LogP contribution in [0.15, 0.2) is 58.2 Å². The zero-order chi connectivity index (χ0) is 14.8. The molecule has 6 heteroatoms. The van der Waals surface area contributed by atoms with Crippen LogP contribution in [0.3, 0.4) is 0 Å². The minimum absolute atomic E-state index is 0.273. The average molecular weight is 363 g/mol. The molecule has 0 aliphatic heterocycles. The van der Waals surface area contributed by atoms with Crippen molar-refractivity contribution in [3.8, 4) is 0 Å². The fourth-order valence-corrected chi connectivity index (χ4v) is 3.21. The van der Waals surface area contributed by atoms with Crippen molar-refractivity contribution < 1.29 is 9.90 Å². The molecule has 0 spiro atoms. The predicted molar refractivity (Wildman–Crippen MR) is 85.9 cm³/mol. The highest BCUT2D eigenvalue weighted by Gasteiger charge is 2.10. The van der Waals surface area contributed by atoms with Crippen molar-refractivity contribution in [3.05, 3.63) is 64.5 Å². The van der Waals surface area contributed by atoms with E-state index in [9.17, 15) is 4.79 Å². The Kier molecular flexibility index (Phi) is 3.98. The van der Waals surface area contributed by atoms with Crippen molar-refractivity contribution in [2.75, 3.05) is 0 Å². The number of aromatic nitrogens is 2. The van der Waals surface area contributed by atoms with Crippen molar-refractivity contribution in [3.63, 3.8) is 0 Å². The summed E-state index contributed by atoms with van der Waals surface area (Å²) in [5.41, 5.74) is 2.15. The number of fused-ring (bicyclic) bond motifs is 1. The number of halogens is 1. The molecular weight excluding hydrogens is 352 g/mol. The first-order valence-corrected chi connectivity index (χ1v) is 7.99. The van der Waals surface area contributed by atoms with E-state index in [2.05, 4.69) is 20.9 Å². The van der Waals surface area contributed by atoms with Crippen LogP contribution in [-0.2, 0) is 5.75 Å². The van der Waals surface area contributed by atoms with Gasteiger partial charge in [0.1, 0.15) is 5.65 Å². The Morgan fingerprint density at radius 1 is 1.33 bits per heavy atom. The number of nitrogens with zero attached hydrogens (tertiary/aromatic N) is 2. The third-order valence-corrected chi connectivity index (χ3v) is 4.69. The molecule has 2 heterocycles. The van der Waals surface area contributed by atoms with E-state index < -0.39 is 5.97 Å². The Bertz CT molecular complexity index is 783. The van der Waals surface area contributed by atoms with Crippen molar-refractivity contribution in [1.82, 2.24) is 9.38 Å². The van der Waals surface area contributed by atoms with Crippen LogP contribution in [0.5, 0.6) is 0 Å². The van der Waals surface area contributed by atoms with Crippen molar-refractivity contribution >= 4 is 39.3 Å². The summed E-state index contributed by atoms with van der Waals surface area (Å²) >= 11 is 4.81. The number of carboxylic acid groups (broad SMARTS) is 1. The zero-order valence-electron chi connectivity index (χ0n) is 10.9. The molecule has 2 aromatic heterocycles. The van der Waals surface area contributed by atoms with Gasteiger partial charge in [0.15, 0.2) is 0 Å². The molecule has 4 nitrogen and oxygen atoms in total. The summed E-state index contributed by atoms with van der Waals surface area (Å²) in [6.45, 7) is 0. The number of aromatic carboxylic acids is 1. The molecule has 0 atom stereocenters. The highest BCUT2D eigenvalue weighted by molar-refractivity contribution is 9.10. The number of rotatable bonds is 4. The third kappa shape index (κ3) is 3.11. The monoisotopic (exact) mass is 362 g/mol. The van der Waals surface area contributed by atoms with Crippen LogP contribution in [0.2, 0.25) is 0 Å². The fraction of sp³-hybridized carbons (Fsp3) is 0.0667. The number of imidazole rings is 1. The lowest BCUT2D eigenvalue weighted by atomic mass is 10.2. The fourth-order valence-electron chi connectivity index (χ4n) is 1.97. The summed E-state index contributed by atoms with van der Waals surface area (Å²) in [5.74, 6) is -0.236. The van der Waals surface area contributed by atoms with Crippen LogP contribution in [-0.4, -0.2) is 20.5 Å². The molecule has 3 aromatic rings. The van der Waals surface area contributed by atoms with Crippen LogP contribution in [0.25, 0.3) is 5.65 Å². The number of hydrogen-bond donors (Lipinski definition) is 1. The van der Waals surface area contributed by atoms with Crippen LogP contribution in [0.4, 0.5) is 0 Å². The topological polar surface area (TPSA) is 54.6 Å². The maximum absolute atomic E-state index is 11.1. The molecular formula is C15H11BrN2O2S. The highest BCUT2D eigenvalue weighted by Crippen LogP contribution is 2.27. The quantitative estimate of drug-likeness (QED) is 0.710. The SMILES string of the molecule is O=C(O)c1cc(SCc2cn3ccccc3n2)ccc1Br. The molecule has 0 saturated carbocycles. The van der Waals surface area contributed by atoms with Crippen molar-refractivity contribution in [1.29, 1.82) is 0 Å². The Balaban J connectivity index is 1.78. The van der Waals surface area contributed by atoms with Crippen LogP contribution >= 0.6 is 27.7 Å². The first-order chi connectivity index (χ1) is 10.1. The van der Waals surface area contributed by atoms with Gasteiger partial charge >= 0.3 is 5.97 Å². The first-order valence-electron chi connectivity index (χ1n) is 6.22. The van der Waals surface area contributed by atoms with E-state index in [1.807, 2.05) is 41.1 Å². The molecule has 0 radical (unpaired) electrons. The Labute approximate surface area is 134 Å². The third-order valence-electron chi connectivity index (χ3n) is 2.97. The first kappa shape index (κ1) is 14.2. The number of thioether (sulfide) groups is 1. The number of carboxylic acids is 1. The van der Waals surface area contributed by atoms with Crippen LogP contribution in [0, 0.1) is 0 Å². The largest absolute Gasteiger partial charge is 0.478 e. The van der Waals surface area contributed by atoms with Crippen LogP contribution in [0.1, 0.15) is 16.1 Å². The number of hydrogen-bond acceptors (Lipinski definition) is 3. The van der Waals surface area contributed by atoms with E-state index in [-0.39, 0.29) is 5.56 Å². The second kappa shape index (κ2) is 5.91. The van der Waals surface area contributed by atoms with Gasteiger partial charge in [-0.3, -0.25) is 0 Å². The van der Waals surface area contributed by atoms with Gasteiger partial charge in [0.25, 0.3) is 0 Å². The molecule has 1 N–H and O–H groups in total. The van der Waals surface area contributed by atoms with Gasteiger partial charge in [0, 0.05) is 27.5 Å². The van der Waals surface area contributed by atoms with E-state index in [0.717, 1.165) is 16.2 Å². The van der Waals surface area contributed by atoms with Gasteiger partial charge in [-0.2, -0.15) is 0 Å². The van der Waals surface area contributed by atoms with E-state index in [1.54, 1.807) is 23.9 Å². The second-order valence-electron chi connectivity index (χ2n) is 4.43. The molecule has 0 bridgehead atoms. The van der Waals surface area contributed by atoms with Gasteiger partial charge in [-0.05, 0) is 46.3 Å². The van der Waals surface area contributed by atoms with Crippen molar-refractivity contribution in [2.24, 2.45) is 0 Å². The minimum atomic E-state index is -0.933. The highest BCUT2D eigenvalue weighted by atomic mass is 79.9. The molecule has 0 aliphatic rings. The Hall–Kier alpha value is -1.79. The number of benzene rings is 1. The van der Waals surface area contributed by atoms with Gasteiger partial charge in [0.05, 0.1) is 11.3 Å². The molecule has 0 saturated heterocycles. The molecule has 21 heavy (non-hydrogen) atoms. The Morgan fingerprint density at radius 3 is 2.95 bits per heavy atom. The molecule has 0 unspecified atom stereocenters. The molecule has 0 amide bonds. The standard InChI is InChI=1S/C15H11BrN2O2S/c16-13-5-4-11(7-12(13)15(19)20)21-9-10-8-18-6-2-1-3-14(18)17-10/h1-8H,9H2,(H,19,20). The molecule has 1 aromatic carbocycles. The van der Waals surface area contributed by atoms with Gasteiger partial charge in [-0.1, -0.05) is 6.07 Å². The normalized spacial score (nSPS) is 10.9. The maximum atomic E-state index is 11.1. The number of pyridine rings is 1. The molecule has 0 fully saturated rings. The van der Waals surface area contributed by atoms with Crippen molar-refractivity contribution in [2.45, 2.75) is 10.6 Å². The van der Waals surface area contributed by atoms with Gasteiger partial charge in [0.2, 0.25) is 0 Å². The zero-order valence-corrected chi connectivity index (χ0v) is 13.3. The van der Waals surface area contributed by atoms with E-state index in [4.69, 9.17) is 5.11 Å². The summed E-state index contributed by atoms with van der Waals surface area (Å²) < 4.78 is 2.56. The average Bonchev–Trinajstić information content (AvgIpc) is 2.89. The summed E-state index contributed by atoms with van der Waals surface area (Å²) in [7, 11) is 0. The minimum Gasteiger partial charge on any atom is -0.478 e. The van der Waals surface area contributed by atoms with E-state index in [1.165, 1.54) is 0 Å². The molecule has 3 rings (SSSR count). The number of carbonyl (C=O) groups is 1. The van der Waals surface area contributed by atoms with E-state index in [0.29, 0.717) is 10.2 Å². The summed E-state index contributed by atoms with van der Waals surface area (Å²) in [4.78, 5) is 16.5. The van der Waals surface area contributed by atoms with Gasteiger partial charge < -0.3 is 9.51 Å². The second-order valence-corrected chi connectivity index (χ2v) is 6.34. The lowest BCUT2D eigenvalue weighted by Crippen LogP contribution is -1.97. The van der Waals surface area contributed by atoms with Gasteiger partial charge in [-0.25, -0.2) is 9.78 Å². The summed E-state index contributed by atoms with van der Waals surface area (Å²) in [6.07, 6.45) is 3.94. The summed E-state index contributed by atoms with van der Waals surface area (Å²) in [6, 6.07) is 11.2. The van der Waals surface area contributed by atoms with E-state index >= 15 is 0 Å². The van der Waals surface area contributed by atoms with Gasteiger partial charge in [-0.15, -0.1) is 11.8 Å². The Morgan fingerprint density at radius 2 is 2.19 bits per heavy atom. The lowest BCUT2D eigenvalue weighted by molar-refractivity contribution is 0.0695. The smallest absolute Gasteiger partial charge is 0.336 e. The predicted octanol–water partition coefficient (Wildman–Crippen LogP) is 4.09. The van der Waals surface area contributed by atoms with Crippen LogP contribution < -0.4 is 0 Å². The summed E-state index contributed by atoms with van der Waals surface area (Å²) in [5, 5.41) is 9.12.